The molecule has 0 spiro atoms. The van der Waals surface area contributed by atoms with E-state index >= 15 is 0 Å². The van der Waals surface area contributed by atoms with E-state index in [9.17, 15) is 8.42 Å². The van der Waals surface area contributed by atoms with E-state index in [4.69, 9.17) is 14.5 Å². The minimum atomic E-state index is -3.31. The maximum absolute atomic E-state index is 13.2. The molecule has 1 saturated carbocycles. The first-order chi connectivity index (χ1) is 16.9. The number of aromatic nitrogens is 4. The number of ether oxygens (including phenoxy) is 2. The van der Waals surface area contributed by atoms with Crippen LogP contribution in [-0.4, -0.2) is 77.9 Å². The Balaban J connectivity index is 1.25. The molecule has 1 saturated heterocycles. The van der Waals surface area contributed by atoms with E-state index in [1.54, 1.807) is 11.4 Å². The van der Waals surface area contributed by atoms with E-state index in [0.29, 0.717) is 32.2 Å². The molecule has 190 valence electrons. The molecule has 5 rings (SSSR count). The smallest absolute Gasteiger partial charge is 0.214 e. The second kappa shape index (κ2) is 10.5. The van der Waals surface area contributed by atoms with Crippen molar-refractivity contribution in [2.24, 2.45) is 5.92 Å². The number of aryl methyl sites for hydroxylation is 1. The van der Waals surface area contributed by atoms with E-state index < -0.39 is 10.0 Å². The van der Waals surface area contributed by atoms with Crippen molar-refractivity contribution in [3.8, 4) is 0 Å². The number of pyridine rings is 1. The topological polar surface area (TPSA) is 110 Å². The van der Waals surface area contributed by atoms with Gasteiger partial charge in [0, 0.05) is 43.1 Å². The van der Waals surface area contributed by atoms with Gasteiger partial charge >= 0.3 is 0 Å². The van der Waals surface area contributed by atoms with Crippen molar-refractivity contribution in [3.05, 3.63) is 30.0 Å². The second-order valence-electron chi connectivity index (χ2n) is 9.90. The van der Waals surface area contributed by atoms with Crippen molar-refractivity contribution in [2.75, 3.05) is 39.2 Å². The van der Waals surface area contributed by atoms with E-state index in [1.807, 2.05) is 25.4 Å². The van der Waals surface area contributed by atoms with Crippen LogP contribution in [0.15, 0.2) is 18.5 Å². The van der Waals surface area contributed by atoms with Crippen molar-refractivity contribution in [3.63, 3.8) is 0 Å². The molecule has 1 aliphatic heterocycles. The van der Waals surface area contributed by atoms with Gasteiger partial charge in [-0.15, -0.1) is 0 Å². The van der Waals surface area contributed by atoms with Crippen molar-refractivity contribution in [2.45, 2.75) is 57.5 Å². The zero-order valence-corrected chi connectivity index (χ0v) is 21.4. The molecule has 0 radical (unpaired) electrons. The molecular weight excluding hydrogens is 466 g/mol. The van der Waals surface area contributed by atoms with Crippen LogP contribution in [0.4, 0.5) is 0 Å². The molecule has 10 heteroatoms. The van der Waals surface area contributed by atoms with Crippen LogP contribution >= 0.6 is 0 Å². The monoisotopic (exact) mass is 501 g/mol. The molecule has 3 aromatic rings. The fraction of sp³-hybridized carbons (Fsp3) is 0.640. The number of fused-ring (bicyclic) bond motifs is 3. The molecule has 9 nitrogen and oxygen atoms in total. The average molecular weight is 502 g/mol. The average Bonchev–Trinajstić information content (AvgIpc) is 3.33. The van der Waals surface area contributed by atoms with Gasteiger partial charge in [-0.25, -0.2) is 23.4 Å². The van der Waals surface area contributed by atoms with Crippen LogP contribution in [0.3, 0.4) is 0 Å². The van der Waals surface area contributed by atoms with E-state index in [-0.39, 0.29) is 17.8 Å². The molecule has 2 fully saturated rings. The SMILES string of the molecule is COCCOC1CCCN(S(=O)(=O)CC2CCC(c3nc(C)nc4cnc5[nH]ccc5c34)CC2)C1. The maximum Gasteiger partial charge on any atom is 0.214 e. The molecule has 1 aliphatic carbocycles. The van der Waals surface area contributed by atoms with Gasteiger partial charge in [0.05, 0.1) is 42.5 Å². The summed E-state index contributed by atoms with van der Waals surface area (Å²) in [7, 11) is -1.67. The third-order valence-corrected chi connectivity index (χ3v) is 9.45. The summed E-state index contributed by atoms with van der Waals surface area (Å²) in [6, 6.07) is 2.04. The van der Waals surface area contributed by atoms with Gasteiger partial charge in [-0.05, 0) is 57.4 Å². The number of piperidine rings is 1. The summed E-state index contributed by atoms with van der Waals surface area (Å²) in [5.41, 5.74) is 2.79. The minimum absolute atomic E-state index is 0.0431. The predicted octanol–water partition coefficient (Wildman–Crippen LogP) is 3.55. The molecule has 35 heavy (non-hydrogen) atoms. The molecule has 1 unspecified atom stereocenters. The summed E-state index contributed by atoms with van der Waals surface area (Å²) in [4.78, 5) is 17.2. The van der Waals surface area contributed by atoms with Gasteiger partial charge in [0.15, 0.2) is 0 Å². The standard InChI is InChI=1S/C25H35N5O4S/c1-17-28-22-14-27-25-21(9-10-26-25)23(22)24(29-17)19-7-5-18(6-8-19)16-35(31,32)30-11-3-4-20(15-30)34-13-12-33-2/h9-10,14,18-20H,3-8,11-13,15-16H2,1-2H3,(H,26,27). The molecule has 2 aliphatic rings. The van der Waals surface area contributed by atoms with Gasteiger partial charge in [0.2, 0.25) is 10.0 Å². The molecule has 0 bridgehead atoms. The number of sulfonamides is 1. The lowest BCUT2D eigenvalue weighted by Crippen LogP contribution is -2.45. The largest absolute Gasteiger partial charge is 0.382 e. The van der Waals surface area contributed by atoms with Crippen LogP contribution < -0.4 is 0 Å². The lowest BCUT2D eigenvalue weighted by Gasteiger charge is -2.34. The number of H-pyrrole nitrogens is 1. The van der Waals surface area contributed by atoms with Crippen molar-refractivity contribution < 1.29 is 17.9 Å². The highest BCUT2D eigenvalue weighted by Crippen LogP contribution is 2.39. The summed E-state index contributed by atoms with van der Waals surface area (Å²) in [6.07, 6.45) is 9.05. The molecule has 4 heterocycles. The number of aromatic amines is 1. The summed E-state index contributed by atoms with van der Waals surface area (Å²) in [6.45, 7) is 4.00. The molecule has 0 amide bonds. The maximum atomic E-state index is 13.2. The van der Waals surface area contributed by atoms with Gasteiger partial charge in [-0.3, -0.25) is 0 Å². The van der Waals surface area contributed by atoms with Gasteiger partial charge < -0.3 is 14.5 Å². The fourth-order valence-electron chi connectivity index (χ4n) is 5.67. The second-order valence-corrected chi connectivity index (χ2v) is 11.9. The third-order valence-electron chi connectivity index (χ3n) is 7.44. The Bertz CT molecular complexity index is 1270. The zero-order chi connectivity index (χ0) is 24.4. The van der Waals surface area contributed by atoms with Gasteiger partial charge in [-0.2, -0.15) is 4.31 Å². The molecule has 3 aromatic heterocycles. The summed E-state index contributed by atoms with van der Waals surface area (Å²) in [5, 5.41) is 2.13. The number of nitrogens with one attached hydrogen (secondary N) is 1. The Morgan fingerprint density at radius 3 is 2.77 bits per heavy atom. The highest BCUT2D eigenvalue weighted by molar-refractivity contribution is 7.89. The lowest BCUT2D eigenvalue weighted by molar-refractivity contribution is -0.00658. The Morgan fingerprint density at radius 2 is 1.97 bits per heavy atom. The van der Waals surface area contributed by atoms with Crippen LogP contribution in [0.5, 0.6) is 0 Å². The summed E-state index contributed by atoms with van der Waals surface area (Å²) >= 11 is 0. The number of rotatable bonds is 8. The molecule has 1 N–H and O–H groups in total. The number of hydrogen-bond acceptors (Lipinski definition) is 7. The van der Waals surface area contributed by atoms with Crippen molar-refractivity contribution in [1.29, 1.82) is 0 Å². The summed E-state index contributed by atoms with van der Waals surface area (Å²) < 4.78 is 39.0. The number of nitrogens with zero attached hydrogens (tertiary/aromatic N) is 4. The highest BCUT2D eigenvalue weighted by atomic mass is 32.2. The quantitative estimate of drug-likeness (QED) is 0.470. The third kappa shape index (κ3) is 5.35. The van der Waals surface area contributed by atoms with Crippen LogP contribution in [0, 0.1) is 12.8 Å². The van der Waals surface area contributed by atoms with Gasteiger partial charge in [0.1, 0.15) is 11.5 Å². The first kappa shape index (κ1) is 24.5. The first-order valence-electron chi connectivity index (χ1n) is 12.6. The molecule has 0 aromatic carbocycles. The van der Waals surface area contributed by atoms with Crippen LogP contribution in [0.2, 0.25) is 0 Å². The lowest BCUT2D eigenvalue weighted by atomic mass is 9.80. The fourth-order valence-corrected chi connectivity index (χ4v) is 7.61. The number of methoxy groups -OCH3 is 1. The molecular formula is C25H35N5O4S. The Kier molecular flexibility index (Phi) is 7.34. The van der Waals surface area contributed by atoms with E-state index in [1.165, 1.54) is 0 Å². The van der Waals surface area contributed by atoms with Gasteiger partial charge in [-0.1, -0.05) is 0 Å². The van der Waals surface area contributed by atoms with E-state index in [2.05, 4.69) is 15.0 Å². The van der Waals surface area contributed by atoms with Gasteiger partial charge in [0.25, 0.3) is 0 Å². The van der Waals surface area contributed by atoms with Crippen molar-refractivity contribution >= 4 is 32.0 Å². The minimum Gasteiger partial charge on any atom is -0.382 e. The number of hydrogen-bond donors (Lipinski definition) is 1. The Morgan fingerprint density at radius 1 is 1.14 bits per heavy atom. The highest BCUT2D eigenvalue weighted by Gasteiger charge is 2.34. The molecule has 1 atom stereocenters. The van der Waals surface area contributed by atoms with E-state index in [0.717, 1.165) is 72.0 Å². The Hall–Kier alpha value is -2.14. The predicted molar refractivity (Wildman–Crippen MR) is 135 cm³/mol. The normalized spacial score (nSPS) is 24.3. The van der Waals surface area contributed by atoms with Crippen LogP contribution in [-0.2, 0) is 19.5 Å². The zero-order valence-electron chi connectivity index (χ0n) is 20.6. The van der Waals surface area contributed by atoms with Crippen LogP contribution in [0.1, 0.15) is 56.0 Å². The van der Waals surface area contributed by atoms with Crippen LogP contribution in [0.25, 0.3) is 21.9 Å². The Labute approximate surface area is 206 Å². The first-order valence-corrected chi connectivity index (χ1v) is 14.2. The van der Waals surface area contributed by atoms with Crippen molar-refractivity contribution in [1.82, 2.24) is 24.2 Å². The summed E-state index contributed by atoms with van der Waals surface area (Å²) in [5.74, 6) is 1.45.